The maximum Gasteiger partial charge on any atom is 0.0622 e. The summed E-state index contributed by atoms with van der Waals surface area (Å²) in [4.78, 5) is 2.82. The maximum atomic E-state index is 5.66. The van der Waals surface area contributed by atoms with Crippen molar-refractivity contribution in [2.45, 2.75) is 64.1 Å². The molecule has 2 saturated heterocycles. The topological polar surface area (TPSA) is 24.5 Å². The smallest absolute Gasteiger partial charge is 0.0622 e. The molecule has 0 aromatic carbocycles. The van der Waals surface area contributed by atoms with E-state index in [2.05, 4.69) is 31.0 Å². The number of hydrogen-bond donors (Lipinski definition) is 1. The van der Waals surface area contributed by atoms with Gasteiger partial charge < -0.3 is 10.1 Å². The minimum absolute atomic E-state index is 0.377. The molecule has 4 unspecified atom stereocenters. The summed E-state index contributed by atoms with van der Waals surface area (Å²) < 4.78 is 5.66. The molecule has 3 rings (SSSR count). The van der Waals surface area contributed by atoms with Gasteiger partial charge in [0.25, 0.3) is 0 Å². The molecule has 1 aliphatic carbocycles. The first-order valence-electron chi connectivity index (χ1n) is 8.23. The van der Waals surface area contributed by atoms with Crippen molar-refractivity contribution < 1.29 is 4.74 Å². The van der Waals surface area contributed by atoms with Crippen LogP contribution in [-0.4, -0.2) is 48.8 Å². The van der Waals surface area contributed by atoms with Crippen LogP contribution in [0.2, 0.25) is 0 Å². The third kappa shape index (κ3) is 2.57. The molecule has 3 nitrogen and oxygen atoms in total. The second-order valence-electron chi connectivity index (χ2n) is 7.17. The van der Waals surface area contributed by atoms with Gasteiger partial charge in [0, 0.05) is 37.3 Å². The Kier molecular flexibility index (Phi) is 3.89. The van der Waals surface area contributed by atoms with Gasteiger partial charge in [-0.25, -0.2) is 0 Å². The van der Waals surface area contributed by atoms with Crippen LogP contribution in [0.25, 0.3) is 0 Å². The van der Waals surface area contributed by atoms with Crippen LogP contribution in [-0.2, 0) is 4.74 Å². The van der Waals surface area contributed by atoms with Crippen molar-refractivity contribution >= 4 is 0 Å². The minimum atomic E-state index is 0.377. The molecule has 0 aromatic rings. The second-order valence-corrected chi connectivity index (χ2v) is 7.17. The average Bonchev–Trinajstić information content (AvgIpc) is 3.16. The number of rotatable bonds is 4. The summed E-state index contributed by atoms with van der Waals surface area (Å²) >= 11 is 0. The molecule has 3 aliphatic rings. The summed E-state index contributed by atoms with van der Waals surface area (Å²) in [5.41, 5.74) is 0.377. The highest BCUT2D eigenvalue weighted by atomic mass is 16.5. The van der Waals surface area contributed by atoms with Gasteiger partial charge in [-0.1, -0.05) is 20.3 Å². The third-order valence-corrected chi connectivity index (χ3v) is 5.91. The van der Waals surface area contributed by atoms with E-state index in [9.17, 15) is 0 Å². The van der Waals surface area contributed by atoms with Gasteiger partial charge in [0.2, 0.25) is 0 Å². The normalized spacial score (nSPS) is 42.5. The predicted molar refractivity (Wildman–Crippen MR) is 78.3 cm³/mol. The summed E-state index contributed by atoms with van der Waals surface area (Å²) in [6.07, 6.45) is 5.36. The van der Waals surface area contributed by atoms with Crippen molar-refractivity contribution in [3.8, 4) is 0 Å². The zero-order valence-corrected chi connectivity index (χ0v) is 12.8. The van der Waals surface area contributed by atoms with E-state index in [0.717, 1.165) is 25.0 Å². The molecular formula is C16H30N2O. The van der Waals surface area contributed by atoms with E-state index in [1.165, 1.54) is 38.8 Å². The molecule has 3 heteroatoms. The zero-order valence-electron chi connectivity index (χ0n) is 12.8. The molecule has 1 saturated carbocycles. The Bertz CT molecular complexity index is 312. The first-order chi connectivity index (χ1) is 9.15. The van der Waals surface area contributed by atoms with E-state index in [0.29, 0.717) is 17.6 Å². The molecule has 2 aliphatic heterocycles. The molecule has 0 radical (unpaired) electrons. The van der Waals surface area contributed by atoms with Crippen molar-refractivity contribution in [2.75, 3.05) is 26.3 Å². The lowest BCUT2D eigenvalue weighted by atomic mass is 9.85. The quantitative estimate of drug-likeness (QED) is 0.845. The Morgan fingerprint density at radius 2 is 2.16 bits per heavy atom. The fourth-order valence-corrected chi connectivity index (χ4v) is 4.01. The number of piperazine rings is 1. The van der Waals surface area contributed by atoms with Gasteiger partial charge in [0.1, 0.15) is 0 Å². The fourth-order valence-electron chi connectivity index (χ4n) is 4.01. The molecule has 19 heavy (non-hydrogen) atoms. The summed E-state index contributed by atoms with van der Waals surface area (Å²) in [7, 11) is 0. The minimum Gasteiger partial charge on any atom is -0.380 e. The number of ether oxygens (including phenoxy) is 1. The van der Waals surface area contributed by atoms with Gasteiger partial charge in [-0.05, 0) is 38.0 Å². The van der Waals surface area contributed by atoms with E-state index >= 15 is 0 Å². The van der Waals surface area contributed by atoms with Crippen LogP contribution in [0.3, 0.4) is 0 Å². The number of nitrogens with one attached hydrogen (secondary N) is 1. The van der Waals surface area contributed by atoms with E-state index < -0.39 is 0 Å². The largest absolute Gasteiger partial charge is 0.380 e. The fraction of sp³-hybridized carbons (Fsp3) is 1.00. The van der Waals surface area contributed by atoms with Crippen LogP contribution in [0.1, 0.15) is 46.5 Å². The van der Waals surface area contributed by atoms with Gasteiger partial charge in [0.05, 0.1) is 6.61 Å². The lowest BCUT2D eigenvalue weighted by molar-refractivity contribution is -0.0138. The zero-order chi connectivity index (χ0) is 13.5. The van der Waals surface area contributed by atoms with Gasteiger partial charge in [0.15, 0.2) is 0 Å². The number of hydrogen-bond acceptors (Lipinski definition) is 3. The van der Waals surface area contributed by atoms with Crippen LogP contribution in [0.15, 0.2) is 0 Å². The first-order valence-corrected chi connectivity index (χ1v) is 8.23. The van der Waals surface area contributed by atoms with Crippen LogP contribution in [0.5, 0.6) is 0 Å². The Morgan fingerprint density at radius 3 is 2.74 bits per heavy atom. The maximum absolute atomic E-state index is 5.66. The molecule has 0 aromatic heterocycles. The standard InChI is InChI=1S/C16H30N2O/c1-4-12(2)15-9-18(14-7-8-19-10-14)16(3,11-17-15)13-5-6-13/h12-15,17H,4-11H2,1-3H3. The van der Waals surface area contributed by atoms with Crippen molar-refractivity contribution in [1.29, 1.82) is 0 Å². The van der Waals surface area contributed by atoms with Crippen LogP contribution >= 0.6 is 0 Å². The molecule has 0 spiro atoms. The Morgan fingerprint density at radius 1 is 1.37 bits per heavy atom. The molecule has 0 bridgehead atoms. The van der Waals surface area contributed by atoms with Crippen molar-refractivity contribution in [3.63, 3.8) is 0 Å². The Hall–Kier alpha value is -0.120. The van der Waals surface area contributed by atoms with Crippen LogP contribution in [0, 0.1) is 11.8 Å². The van der Waals surface area contributed by atoms with Gasteiger partial charge in [-0.15, -0.1) is 0 Å². The van der Waals surface area contributed by atoms with Gasteiger partial charge in [-0.2, -0.15) is 0 Å². The first kappa shape index (κ1) is 13.8. The lowest BCUT2D eigenvalue weighted by Crippen LogP contribution is -2.68. The highest BCUT2D eigenvalue weighted by molar-refractivity contribution is 5.07. The summed E-state index contributed by atoms with van der Waals surface area (Å²) in [6.45, 7) is 11.5. The van der Waals surface area contributed by atoms with Crippen molar-refractivity contribution in [3.05, 3.63) is 0 Å². The van der Waals surface area contributed by atoms with Crippen molar-refractivity contribution in [2.24, 2.45) is 11.8 Å². The highest BCUT2D eigenvalue weighted by Crippen LogP contribution is 2.45. The summed E-state index contributed by atoms with van der Waals surface area (Å²) in [6, 6.07) is 1.33. The third-order valence-electron chi connectivity index (χ3n) is 5.91. The van der Waals surface area contributed by atoms with Gasteiger partial charge >= 0.3 is 0 Å². The van der Waals surface area contributed by atoms with Crippen LogP contribution in [0.4, 0.5) is 0 Å². The molecule has 3 fully saturated rings. The monoisotopic (exact) mass is 266 g/mol. The Balaban J connectivity index is 1.75. The highest BCUT2D eigenvalue weighted by Gasteiger charge is 2.51. The molecule has 110 valence electrons. The number of nitrogens with zero attached hydrogens (tertiary/aromatic N) is 1. The average molecular weight is 266 g/mol. The van der Waals surface area contributed by atoms with E-state index in [-0.39, 0.29) is 0 Å². The molecule has 0 amide bonds. The molecule has 4 atom stereocenters. The van der Waals surface area contributed by atoms with E-state index in [1.807, 2.05) is 0 Å². The molecule has 1 N–H and O–H groups in total. The summed E-state index contributed by atoms with van der Waals surface area (Å²) in [5.74, 6) is 1.69. The van der Waals surface area contributed by atoms with E-state index in [4.69, 9.17) is 4.74 Å². The molecule has 2 heterocycles. The lowest BCUT2D eigenvalue weighted by Gasteiger charge is -2.52. The van der Waals surface area contributed by atoms with Crippen LogP contribution < -0.4 is 5.32 Å². The molecular weight excluding hydrogens is 236 g/mol. The SMILES string of the molecule is CCC(C)C1CN(C2CCOC2)C(C)(C2CC2)CN1. The van der Waals surface area contributed by atoms with Crippen molar-refractivity contribution in [1.82, 2.24) is 10.2 Å². The van der Waals surface area contributed by atoms with Gasteiger partial charge in [-0.3, -0.25) is 4.90 Å². The predicted octanol–water partition coefficient (Wildman–Crippen LogP) is 2.26. The summed E-state index contributed by atoms with van der Waals surface area (Å²) in [5, 5.41) is 3.85. The Labute approximate surface area is 118 Å². The van der Waals surface area contributed by atoms with E-state index in [1.54, 1.807) is 0 Å². The second kappa shape index (κ2) is 5.34.